The van der Waals surface area contributed by atoms with Crippen LogP contribution in [0.1, 0.15) is 12.5 Å². The van der Waals surface area contributed by atoms with Gasteiger partial charge in [0.15, 0.2) is 6.10 Å². The second kappa shape index (κ2) is 7.88. The van der Waals surface area contributed by atoms with Crippen molar-refractivity contribution in [3.8, 4) is 11.5 Å². The van der Waals surface area contributed by atoms with Crippen LogP contribution in [0.25, 0.3) is 0 Å². The Morgan fingerprint density at radius 1 is 1.22 bits per heavy atom. The summed E-state index contributed by atoms with van der Waals surface area (Å²) in [5, 5.41) is 0.574. The molecule has 0 saturated heterocycles. The van der Waals surface area contributed by atoms with Crippen LogP contribution in [-0.2, 0) is 11.3 Å². The number of halogens is 1. The SMILES string of the molecule is COc1ccccc1CN(C)C(=O)[C@@H](C)Oc1cccc(Cl)c1. The molecule has 2 aromatic carbocycles. The van der Waals surface area contributed by atoms with E-state index in [2.05, 4.69) is 0 Å². The number of rotatable bonds is 6. The summed E-state index contributed by atoms with van der Waals surface area (Å²) >= 11 is 5.92. The molecule has 23 heavy (non-hydrogen) atoms. The molecule has 0 N–H and O–H groups in total. The normalized spacial score (nSPS) is 11.7. The van der Waals surface area contributed by atoms with E-state index in [4.69, 9.17) is 21.1 Å². The van der Waals surface area contributed by atoms with E-state index < -0.39 is 6.10 Å². The van der Waals surface area contributed by atoms with Gasteiger partial charge in [-0.2, -0.15) is 0 Å². The lowest BCUT2D eigenvalue weighted by atomic mass is 10.2. The molecule has 0 unspecified atom stereocenters. The Bertz CT molecular complexity index is 675. The standard InChI is InChI=1S/C18H20ClNO3/c1-13(23-16-9-6-8-15(19)11-16)18(21)20(2)12-14-7-4-5-10-17(14)22-3/h4-11,13H,12H2,1-3H3/t13-/m1/s1. The lowest BCUT2D eigenvalue weighted by molar-refractivity contribution is -0.137. The number of carbonyl (C=O) groups excluding carboxylic acids is 1. The molecule has 0 aliphatic rings. The molecule has 122 valence electrons. The first-order valence-corrected chi connectivity index (χ1v) is 7.68. The fourth-order valence-corrected chi connectivity index (χ4v) is 2.45. The first-order valence-electron chi connectivity index (χ1n) is 7.30. The molecule has 0 bridgehead atoms. The van der Waals surface area contributed by atoms with Crippen LogP contribution in [0, 0.1) is 0 Å². The van der Waals surface area contributed by atoms with Crippen molar-refractivity contribution >= 4 is 17.5 Å². The van der Waals surface area contributed by atoms with Crippen LogP contribution in [0.15, 0.2) is 48.5 Å². The number of nitrogens with zero attached hydrogens (tertiary/aromatic N) is 1. The van der Waals surface area contributed by atoms with Gasteiger partial charge in [-0.15, -0.1) is 0 Å². The smallest absolute Gasteiger partial charge is 0.263 e. The minimum Gasteiger partial charge on any atom is -0.496 e. The van der Waals surface area contributed by atoms with Crippen molar-refractivity contribution < 1.29 is 14.3 Å². The fourth-order valence-electron chi connectivity index (χ4n) is 2.27. The average Bonchev–Trinajstić information content (AvgIpc) is 2.54. The van der Waals surface area contributed by atoms with Gasteiger partial charge in [-0.1, -0.05) is 35.9 Å². The molecule has 0 fully saturated rings. The molecule has 2 rings (SSSR count). The maximum Gasteiger partial charge on any atom is 0.263 e. The quantitative estimate of drug-likeness (QED) is 0.807. The highest BCUT2D eigenvalue weighted by Crippen LogP contribution is 2.21. The maximum absolute atomic E-state index is 12.5. The van der Waals surface area contributed by atoms with Crippen molar-refractivity contribution in [3.63, 3.8) is 0 Å². The number of carbonyl (C=O) groups is 1. The third-order valence-electron chi connectivity index (χ3n) is 3.43. The van der Waals surface area contributed by atoms with E-state index in [0.717, 1.165) is 11.3 Å². The van der Waals surface area contributed by atoms with Gasteiger partial charge in [-0.25, -0.2) is 0 Å². The molecule has 4 nitrogen and oxygen atoms in total. The molecule has 0 aliphatic heterocycles. The fraction of sp³-hybridized carbons (Fsp3) is 0.278. The van der Waals surface area contributed by atoms with Gasteiger partial charge < -0.3 is 14.4 Å². The number of amides is 1. The summed E-state index contributed by atoms with van der Waals surface area (Å²) in [6.45, 7) is 2.17. The van der Waals surface area contributed by atoms with Crippen LogP contribution in [0.5, 0.6) is 11.5 Å². The zero-order chi connectivity index (χ0) is 16.8. The Kier molecular flexibility index (Phi) is 5.88. The zero-order valence-corrected chi connectivity index (χ0v) is 14.2. The van der Waals surface area contributed by atoms with Gasteiger partial charge in [0, 0.05) is 24.2 Å². The lowest BCUT2D eigenvalue weighted by Gasteiger charge is -2.23. The molecular formula is C18H20ClNO3. The van der Waals surface area contributed by atoms with Gasteiger partial charge in [0.05, 0.1) is 7.11 Å². The van der Waals surface area contributed by atoms with Crippen molar-refractivity contribution in [1.29, 1.82) is 0 Å². The van der Waals surface area contributed by atoms with Gasteiger partial charge in [-0.05, 0) is 31.2 Å². The molecule has 2 aromatic rings. The van der Waals surface area contributed by atoms with E-state index in [9.17, 15) is 4.79 Å². The van der Waals surface area contributed by atoms with Crippen molar-refractivity contribution in [3.05, 3.63) is 59.1 Å². The maximum atomic E-state index is 12.5. The van der Waals surface area contributed by atoms with Gasteiger partial charge in [0.25, 0.3) is 5.91 Å². The monoisotopic (exact) mass is 333 g/mol. The highest BCUT2D eigenvalue weighted by molar-refractivity contribution is 6.30. The Labute approximate surface area is 141 Å². The molecule has 5 heteroatoms. The molecule has 0 aliphatic carbocycles. The number of ether oxygens (including phenoxy) is 2. The first kappa shape index (κ1) is 17.2. The number of methoxy groups -OCH3 is 1. The van der Waals surface area contributed by atoms with Crippen LogP contribution in [0.2, 0.25) is 5.02 Å². The van der Waals surface area contributed by atoms with Gasteiger partial charge in [0.2, 0.25) is 0 Å². The Morgan fingerprint density at radius 2 is 1.96 bits per heavy atom. The summed E-state index contributed by atoms with van der Waals surface area (Å²) in [5.41, 5.74) is 0.945. The molecule has 1 atom stereocenters. The average molecular weight is 334 g/mol. The topological polar surface area (TPSA) is 38.8 Å². The van der Waals surface area contributed by atoms with Crippen LogP contribution in [-0.4, -0.2) is 31.1 Å². The van der Waals surface area contributed by atoms with E-state index >= 15 is 0 Å². The zero-order valence-electron chi connectivity index (χ0n) is 13.5. The molecular weight excluding hydrogens is 314 g/mol. The van der Waals surface area contributed by atoms with Crippen molar-refractivity contribution in [2.24, 2.45) is 0 Å². The predicted octanol–water partition coefficient (Wildman–Crippen LogP) is 3.77. The van der Waals surface area contributed by atoms with Crippen LogP contribution in [0.4, 0.5) is 0 Å². The lowest BCUT2D eigenvalue weighted by Crippen LogP contribution is -2.37. The number of benzene rings is 2. The largest absolute Gasteiger partial charge is 0.496 e. The van der Waals surface area contributed by atoms with Gasteiger partial charge >= 0.3 is 0 Å². The van der Waals surface area contributed by atoms with E-state index in [1.165, 1.54) is 0 Å². The van der Waals surface area contributed by atoms with Crippen LogP contribution < -0.4 is 9.47 Å². The molecule has 0 aromatic heterocycles. The van der Waals surface area contributed by atoms with Gasteiger partial charge in [-0.3, -0.25) is 4.79 Å². The van der Waals surface area contributed by atoms with Crippen molar-refractivity contribution in [2.45, 2.75) is 19.6 Å². The summed E-state index contributed by atoms with van der Waals surface area (Å²) in [6.07, 6.45) is -0.604. The second-order valence-corrected chi connectivity index (χ2v) is 5.66. The van der Waals surface area contributed by atoms with Crippen LogP contribution >= 0.6 is 11.6 Å². The third-order valence-corrected chi connectivity index (χ3v) is 3.67. The summed E-state index contributed by atoms with van der Waals surface area (Å²) in [7, 11) is 3.36. The Hall–Kier alpha value is -2.20. The minimum atomic E-state index is -0.604. The summed E-state index contributed by atoms with van der Waals surface area (Å²) in [4.78, 5) is 14.1. The number of hydrogen-bond donors (Lipinski definition) is 0. The predicted molar refractivity (Wildman–Crippen MR) is 91.0 cm³/mol. The van der Waals surface area contributed by atoms with Crippen LogP contribution in [0.3, 0.4) is 0 Å². The van der Waals surface area contributed by atoms with Gasteiger partial charge in [0.1, 0.15) is 11.5 Å². The van der Waals surface area contributed by atoms with Crippen molar-refractivity contribution in [1.82, 2.24) is 4.90 Å². The molecule has 0 spiro atoms. The van der Waals surface area contributed by atoms with E-state index in [0.29, 0.717) is 17.3 Å². The Balaban J connectivity index is 2.01. The van der Waals surface area contributed by atoms with E-state index in [1.807, 2.05) is 24.3 Å². The Morgan fingerprint density at radius 3 is 2.65 bits per heavy atom. The summed E-state index contributed by atoms with van der Waals surface area (Å²) in [6, 6.07) is 14.6. The highest BCUT2D eigenvalue weighted by Gasteiger charge is 2.20. The van der Waals surface area contributed by atoms with Crippen molar-refractivity contribution in [2.75, 3.05) is 14.2 Å². The van der Waals surface area contributed by atoms with E-state index in [1.54, 1.807) is 50.2 Å². The molecule has 1 amide bonds. The second-order valence-electron chi connectivity index (χ2n) is 5.22. The summed E-state index contributed by atoms with van der Waals surface area (Å²) < 4.78 is 11.0. The highest BCUT2D eigenvalue weighted by atomic mass is 35.5. The summed E-state index contributed by atoms with van der Waals surface area (Å²) in [5.74, 6) is 1.22. The number of hydrogen-bond acceptors (Lipinski definition) is 3. The minimum absolute atomic E-state index is 0.115. The van der Waals surface area contributed by atoms with E-state index in [-0.39, 0.29) is 5.91 Å². The molecule has 0 saturated carbocycles. The molecule has 0 heterocycles. The molecule has 0 radical (unpaired) electrons. The third kappa shape index (κ3) is 4.63. The first-order chi connectivity index (χ1) is 11.0. The number of likely N-dealkylation sites (N-methyl/N-ethyl adjacent to an activating group) is 1. The number of para-hydroxylation sites is 1.